The lowest BCUT2D eigenvalue weighted by Crippen LogP contribution is -2.58. The lowest BCUT2D eigenvalue weighted by atomic mass is 9.95. The van der Waals surface area contributed by atoms with E-state index in [-0.39, 0.29) is 24.1 Å². The Morgan fingerprint density at radius 2 is 2.03 bits per heavy atom. The van der Waals surface area contributed by atoms with Crippen LogP contribution in [0.2, 0.25) is 0 Å². The molecular weight excluding hydrogens is 388 g/mol. The first-order valence-electron chi connectivity index (χ1n) is 9.77. The second-order valence-electron chi connectivity index (χ2n) is 7.52. The van der Waals surface area contributed by atoms with Crippen LogP contribution in [0.25, 0.3) is 0 Å². The quantitative estimate of drug-likeness (QED) is 0.719. The molecule has 2 atom stereocenters. The number of hydrogen-bond donors (Lipinski definition) is 3. The summed E-state index contributed by atoms with van der Waals surface area (Å²) in [4.78, 5) is 40.6. The van der Waals surface area contributed by atoms with E-state index in [9.17, 15) is 14.4 Å². The normalized spacial score (nSPS) is 22.3. The van der Waals surface area contributed by atoms with Gasteiger partial charge < -0.3 is 20.9 Å². The summed E-state index contributed by atoms with van der Waals surface area (Å²) in [5.41, 5.74) is 0.703. The first-order valence-corrected chi connectivity index (χ1v) is 10.6. The van der Waals surface area contributed by atoms with Gasteiger partial charge in [-0.05, 0) is 36.9 Å². The predicted molar refractivity (Wildman–Crippen MR) is 111 cm³/mol. The third kappa shape index (κ3) is 3.98. The second-order valence-corrected chi connectivity index (χ2v) is 8.55. The molecule has 3 N–H and O–H groups in total. The number of benzene rings is 1. The maximum Gasteiger partial charge on any atom is 0.255 e. The van der Waals surface area contributed by atoms with E-state index in [1.54, 1.807) is 29.2 Å². The molecule has 2 aliphatic heterocycles. The topological polar surface area (TPSA) is 90.5 Å². The number of nitrogens with one attached hydrogen (secondary N) is 3. The zero-order chi connectivity index (χ0) is 20.4. The third-order valence-electron chi connectivity index (χ3n) is 5.63. The molecule has 4 rings (SSSR count). The molecule has 2 aliphatic rings. The Labute approximate surface area is 173 Å². The summed E-state index contributed by atoms with van der Waals surface area (Å²) in [6.07, 6.45) is 1.27. The number of fused-ring (bicyclic) bond motifs is 1. The highest BCUT2D eigenvalue weighted by Gasteiger charge is 2.41. The molecule has 3 amide bonds. The molecule has 0 bridgehead atoms. The average molecular weight is 413 g/mol. The van der Waals surface area contributed by atoms with Crippen LogP contribution in [0.15, 0.2) is 41.8 Å². The van der Waals surface area contributed by atoms with Crippen LogP contribution in [0.3, 0.4) is 0 Å². The number of para-hydroxylation sites is 1. The molecule has 2 aromatic rings. The highest BCUT2D eigenvalue weighted by atomic mass is 32.1. The smallest absolute Gasteiger partial charge is 0.255 e. The number of anilines is 1. The van der Waals surface area contributed by atoms with Crippen LogP contribution in [-0.4, -0.2) is 40.9 Å². The molecular formula is C21H24N4O3S. The third-order valence-corrected chi connectivity index (χ3v) is 6.50. The van der Waals surface area contributed by atoms with Crippen molar-refractivity contribution in [3.63, 3.8) is 0 Å². The molecule has 0 aliphatic carbocycles. The highest BCUT2D eigenvalue weighted by Crippen LogP contribution is 2.32. The summed E-state index contributed by atoms with van der Waals surface area (Å²) < 4.78 is 0. The molecule has 2 unspecified atom stereocenters. The van der Waals surface area contributed by atoms with Crippen molar-refractivity contribution in [3.8, 4) is 0 Å². The minimum absolute atomic E-state index is 0.0736. The van der Waals surface area contributed by atoms with Gasteiger partial charge in [-0.2, -0.15) is 0 Å². The van der Waals surface area contributed by atoms with Gasteiger partial charge in [-0.15, -0.1) is 11.3 Å². The Morgan fingerprint density at radius 1 is 1.21 bits per heavy atom. The van der Waals surface area contributed by atoms with Crippen molar-refractivity contribution in [2.45, 2.75) is 44.4 Å². The van der Waals surface area contributed by atoms with Gasteiger partial charge >= 0.3 is 0 Å². The van der Waals surface area contributed by atoms with Gasteiger partial charge in [0, 0.05) is 30.0 Å². The fourth-order valence-corrected chi connectivity index (χ4v) is 4.57. The highest BCUT2D eigenvalue weighted by molar-refractivity contribution is 7.09. The van der Waals surface area contributed by atoms with E-state index in [1.165, 1.54) is 0 Å². The summed E-state index contributed by atoms with van der Waals surface area (Å²) in [6.45, 7) is 2.60. The predicted octanol–water partition coefficient (Wildman–Crippen LogP) is 2.32. The van der Waals surface area contributed by atoms with Crippen LogP contribution in [0.5, 0.6) is 0 Å². The number of carbonyl (C=O) groups excluding carboxylic acids is 3. The molecule has 0 saturated carbocycles. The minimum Gasteiger partial charge on any atom is -0.362 e. The lowest BCUT2D eigenvalue weighted by molar-refractivity contribution is -0.139. The number of hydrogen-bond acceptors (Lipinski definition) is 5. The van der Waals surface area contributed by atoms with Gasteiger partial charge in [-0.1, -0.05) is 18.2 Å². The second kappa shape index (κ2) is 7.87. The van der Waals surface area contributed by atoms with Gasteiger partial charge in [0.15, 0.2) is 0 Å². The number of likely N-dealkylation sites (tertiary alicyclic amines) is 1. The van der Waals surface area contributed by atoms with E-state index in [4.69, 9.17) is 0 Å². The minimum atomic E-state index is -0.678. The van der Waals surface area contributed by atoms with Crippen LogP contribution < -0.4 is 16.0 Å². The molecule has 1 fully saturated rings. The Bertz CT molecular complexity index is 930. The fourth-order valence-electron chi connectivity index (χ4n) is 3.93. The molecule has 1 spiro atoms. The first kappa shape index (κ1) is 19.4. The van der Waals surface area contributed by atoms with E-state index < -0.39 is 11.7 Å². The molecule has 0 radical (unpaired) electrons. The zero-order valence-electron chi connectivity index (χ0n) is 16.2. The Morgan fingerprint density at radius 3 is 2.83 bits per heavy atom. The van der Waals surface area contributed by atoms with E-state index in [2.05, 4.69) is 16.0 Å². The van der Waals surface area contributed by atoms with E-state index in [0.29, 0.717) is 31.5 Å². The Hall–Kier alpha value is -2.87. The molecule has 3 heterocycles. The maximum absolute atomic E-state index is 12.8. The van der Waals surface area contributed by atoms with Crippen LogP contribution in [0.4, 0.5) is 5.69 Å². The largest absolute Gasteiger partial charge is 0.362 e. The van der Waals surface area contributed by atoms with Crippen LogP contribution in [0, 0.1) is 0 Å². The van der Waals surface area contributed by atoms with Crippen molar-refractivity contribution in [2.24, 2.45) is 0 Å². The Balaban J connectivity index is 1.43. The standard InChI is InChI=1S/C21H24N4O3S/c1-14(19(27)22-13-15-5-4-12-29-15)25-11-10-21(9-8-18(25)26)23-17-7-3-2-6-16(17)20(28)24-21/h2-7,12,14,23H,8-11,13H2,1H3,(H,22,27)(H,24,28). The molecule has 7 nitrogen and oxygen atoms in total. The molecule has 1 aromatic carbocycles. The van der Waals surface area contributed by atoms with Crippen LogP contribution in [0.1, 0.15) is 41.4 Å². The van der Waals surface area contributed by atoms with Gasteiger partial charge in [-0.3, -0.25) is 14.4 Å². The number of carbonyl (C=O) groups is 3. The van der Waals surface area contributed by atoms with Gasteiger partial charge in [0.2, 0.25) is 11.8 Å². The van der Waals surface area contributed by atoms with Crippen molar-refractivity contribution < 1.29 is 14.4 Å². The molecule has 152 valence electrons. The summed E-state index contributed by atoms with van der Waals surface area (Å²) in [6, 6.07) is 10.7. The van der Waals surface area contributed by atoms with Crippen molar-refractivity contribution in [1.29, 1.82) is 0 Å². The van der Waals surface area contributed by atoms with Crippen molar-refractivity contribution in [2.75, 3.05) is 11.9 Å². The maximum atomic E-state index is 12.8. The van der Waals surface area contributed by atoms with Gasteiger partial charge in [-0.25, -0.2) is 0 Å². The first-order chi connectivity index (χ1) is 14.0. The number of amides is 3. The number of nitrogens with zero attached hydrogens (tertiary/aromatic N) is 1. The summed E-state index contributed by atoms with van der Waals surface area (Å²) in [7, 11) is 0. The van der Waals surface area contributed by atoms with Crippen molar-refractivity contribution in [1.82, 2.24) is 15.5 Å². The molecule has 8 heteroatoms. The molecule has 29 heavy (non-hydrogen) atoms. The summed E-state index contributed by atoms with van der Waals surface area (Å²) >= 11 is 1.58. The van der Waals surface area contributed by atoms with Crippen molar-refractivity contribution >= 4 is 34.7 Å². The summed E-state index contributed by atoms with van der Waals surface area (Å²) in [5.74, 6) is -0.383. The molecule has 1 aromatic heterocycles. The van der Waals surface area contributed by atoms with E-state index >= 15 is 0 Å². The Kier molecular flexibility index (Phi) is 5.27. The SMILES string of the molecule is CC(C(=O)NCc1cccs1)N1CCC2(CCC1=O)NC(=O)c1ccccc1N2. The van der Waals surface area contributed by atoms with E-state index in [1.807, 2.05) is 35.7 Å². The molecule has 1 saturated heterocycles. The fraction of sp³-hybridized carbons (Fsp3) is 0.381. The zero-order valence-corrected chi connectivity index (χ0v) is 17.1. The van der Waals surface area contributed by atoms with Gasteiger partial charge in [0.25, 0.3) is 5.91 Å². The summed E-state index contributed by atoms with van der Waals surface area (Å²) in [5, 5.41) is 11.3. The van der Waals surface area contributed by atoms with Crippen molar-refractivity contribution in [3.05, 3.63) is 52.2 Å². The lowest BCUT2D eigenvalue weighted by Gasteiger charge is -2.40. The number of rotatable bonds is 4. The van der Waals surface area contributed by atoms with Gasteiger partial charge in [0.1, 0.15) is 11.7 Å². The number of thiophene rings is 1. The average Bonchev–Trinajstić information content (AvgIpc) is 3.19. The van der Waals surface area contributed by atoms with E-state index in [0.717, 1.165) is 10.6 Å². The van der Waals surface area contributed by atoms with Crippen LogP contribution >= 0.6 is 11.3 Å². The van der Waals surface area contributed by atoms with Crippen LogP contribution in [-0.2, 0) is 16.1 Å². The monoisotopic (exact) mass is 412 g/mol. The van der Waals surface area contributed by atoms with Gasteiger partial charge in [0.05, 0.1) is 12.1 Å².